The fraction of sp³-hybridized carbons (Fsp3) is 0.333. The first-order chi connectivity index (χ1) is 7.59. The second-order valence-corrected chi connectivity index (χ2v) is 4.28. The normalized spacial score (nSPS) is 14.8. The van der Waals surface area contributed by atoms with E-state index in [0.29, 0.717) is 0 Å². The average molecular weight is 275 g/mol. The maximum Gasteiger partial charge on any atom is 0.446 e. The molecule has 0 heterocycles. The third-order valence-corrected chi connectivity index (χ3v) is 2.52. The van der Waals surface area contributed by atoms with Crippen molar-refractivity contribution in [1.82, 2.24) is 0 Å². The zero-order valence-corrected chi connectivity index (χ0v) is 8.96. The summed E-state index contributed by atoms with van der Waals surface area (Å²) in [7, 11) is 0. The molecule has 0 saturated carbocycles. The molecular formula is C9H7F6NS. The van der Waals surface area contributed by atoms with E-state index < -0.39 is 35.1 Å². The van der Waals surface area contributed by atoms with Crippen LogP contribution in [0, 0.1) is 0 Å². The van der Waals surface area contributed by atoms with Crippen LogP contribution in [0.4, 0.5) is 26.3 Å². The molecule has 0 fully saturated rings. The Labute approximate surface area is 97.0 Å². The molecule has 0 bridgehead atoms. The molecule has 1 aromatic carbocycles. The fourth-order valence-electron chi connectivity index (χ4n) is 1.09. The lowest BCUT2D eigenvalue weighted by Crippen LogP contribution is -2.28. The Morgan fingerprint density at radius 2 is 1.65 bits per heavy atom. The Balaban J connectivity index is 2.94. The summed E-state index contributed by atoms with van der Waals surface area (Å²) in [6.45, 7) is 0. The van der Waals surface area contributed by atoms with Crippen LogP contribution in [0.25, 0.3) is 0 Å². The number of halogens is 6. The van der Waals surface area contributed by atoms with Crippen molar-refractivity contribution >= 4 is 11.8 Å². The molecule has 0 saturated heterocycles. The van der Waals surface area contributed by atoms with E-state index in [1.807, 2.05) is 0 Å². The zero-order valence-electron chi connectivity index (χ0n) is 8.14. The second-order valence-electron chi connectivity index (χ2n) is 3.14. The molecule has 1 atom stereocenters. The molecule has 0 aliphatic carbocycles. The summed E-state index contributed by atoms with van der Waals surface area (Å²) in [5.74, 6) is 0. The van der Waals surface area contributed by atoms with Crippen LogP contribution in [0.1, 0.15) is 11.6 Å². The molecule has 1 nitrogen and oxygen atoms in total. The number of rotatable bonds is 2. The Morgan fingerprint density at radius 1 is 1.06 bits per heavy atom. The fourth-order valence-corrected chi connectivity index (χ4v) is 1.70. The molecule has 1 unspecified atom stereocenters. The molecule has 17 heavy (non-hydrogen) atoms. The van der Waals surface area contributed by atoms with Crippen molar-refractivity contribution in [2.24, 2.45) is 5.73 Å². The minimum absolute atomic E-state index is 0.324. The molecule has 1 aromatic rings. The Hall–Kier alpha value is -0.890. The number of benzene rings is 1. The molecule has 0 radical (unpaired) electrons. The first-order valence-corrected chi connectivity index (χ1v) is 5.09. The van der Waals surface area contributed by atoms with Crippen molar-refractivity contribution in [2.45, 2.75) is 22.6 Å². The minimum Gasteiger partial charge on any atom is -0.316 e. The topological polar surface area (TPSA) is 26.0 Å². The number of nitrogens with two attached hydrogens (primary N) is 1. The monoisotopic (exact) mass is 275 g/mol. The lowest BCUT2D eigenvalue weighted by Gasteiger charge is -2.16. The van der Waals surface area contributed by atoms with Crippen molar-refractivity contribution in [1.29, 1.82) is 0 Å². The van der Waals surface area contributed by atoms with Crippen LogP contribution in [0.5, 0.6) is 0 Å². The summed E-state index contributed by atoms with van der Waals surface area (Å²) in [5, 5.41) is 0. The first kappa shape index (κ1) is 14.2. The highest BCUT2D eigenvalue weighted by atomic mass is 32.2. The van der Waals surface area contributed by atoms with Gasteiger partial charge in [-0.05, 0) is 29.5 Å². The number of thioether (sulfide) groups is 1. The summed E-state index contributed by atoms with van der Waals surface area (Å²) in [6.07, 6.45) is -4.68. The molecular weight excluding hydrogens is 268 g/mol. The van der Waals surface area contributed by atoms with Crippen LogP contribution in [0.3, 0.4) is 0 Å². The van der Waals surface area contributed by atoms with Gasteiger partial charge in [0.2, 0.25) is 0 Å². The highest BCUT2D eigenvalue weighted by molar-refractivity contribution is 8.00. The maximum absolute atomic E-state index is 12.3. The summed E-state index contributed by atoms with van der Waals surface area (Å²) in [6, 6.07) is 1.73. The summed E-state index contributed by atoms with van der Waals surface area (Å²) in [5.41, 5.74) is -0.0481. The number of hydrogen-bond donors (Lipinski definition) is 1. The lowest BCUT2D eigenvalue weighted by molar-refractivity contribution is -0.149. The van der Waals surface area contributed by atoms with Crippen molar-refractivity contribution in [3.63, 3.8) is 0 Å². The summed E-state index contributed by atoms with van der Waals surface area (Å²) >= 11 is -0.480. The van der Waals surface area contributed by atoms with Crippen molar-refractivity contribution in [3.8, 4) is 0 Å². The maximum atomic E-state index is 12.3. The van der Waals surface area contributed by atoms with E-state index in [9.17, 15) is 26.3 Å². The molecule has 2 N–H and O–H groups in total. The highest BCUT2D eigenvalue weighted by Gasteiger charge is 2.38. The zero-order chi connectivity index (χ0) is 13.3. The van der Waals surface area contributed by atoms with E-state index in [4.69, 9.17) is 5.73 Å². The van der Waals surface area contributed by atoms with Crippen molar-refractivity contribution in [2.75, 3.05) is 0 Å². The SMILES string of the molecule is NC(c1cccc(SC(F)(F)F)c1)C(F)(F)F. The van der Waals surface area contributed by atoms with Gasteiger partial charge in [-0.15, -0.1) is 0 Å². The van der Waals surface area contributed by atoms with E-state index in [2.05, 4.69) is 0 Å². The third kappa shape index (κ3) is 4.47. The van der Waals surface area contributed by atoms with Crippen LogP contribution in [0.15, 0.2) is 29.2 Å². The van der Waals surface area contributed by atoms with Crippen LogP contribution in [-0.2, 0) is 0 Å². The highest BCUT2D eigenvalue weighted by Crippen LogP contribution is 2.38. The predicted octanol–water partition coefficient (Wildman–Crippen LogP) is 3.86. The van der Waals surface area contributed by atoms with Crippen LogP contribution in [0.2, 0.25) is 0 Å². The van der Waals surface area contributed by atoms with Gasteiger partial charge in [-0.2, -0.15) is 26.3 Å². The molecule has 0 aliphatic heterocycles. The van der Waals surface area contributed by atoms with Gasteiger partial charge in [0.05, 0.1) is 0 Å². The largest absolute Gasteiger partial charge is 0.446 e. The third-order valence-electron chi connectivity index (χ3n) is 1.80. The van der Waals surface area contributed by atoms with Gasteiger partial charge in [-0.3, -0.25) is 0 Å². The molecule has 0 spiro atoms. The van der Waals surface area contributed by atoms with Crippen LogP contribution >= 0.6 is 11.8 Å². The van der Waals surface area contributed by atoms with Gasteiger partial charge >= 0.3 is 11.7 Å². The van der Waals surface area contributed by atoms with E-state index >= 15 is 0 Å². The van der Waals surface area contributed by atoms with Gasteiger partial charge < -0.3 is 5.73 Å². The Bertz CT molecular complexity index is 386. The molecule has 1 rings (SSSR count). The first-order valence-electron chi connectivity index (χ1n) is 4.27. The van der Waals surface area contributed by atoms with Gasteiger partial charge in [0, 0.05) is 4.90 Å². The molecule has 0 aromatic heterocycles. The standard InChI is InChI=1S/C9H7F6NS/c10-8(11,12)7(16)5-2-1-3-6(4-5)17-9(13,14)15/h1-4,7H,16H2. The molecule has 96 valence electrons. The molecule has 8 heteroatoms. The van der Waals surface area contributed by atoms with Gasteiger partial charge in [0.25, 0.3) is 0 Å². The predicted molar refractivity (Wildman–Crippen MR) is 51.3 cm³/mol. The Morgan fingerprint density at radius 3 is 2.12 bits per heavy atom. The van der Waals surface area contributed by atoms with Crippen molar-refractivity contribution in [3.05, 3.63) is 29.8 Å². The Kier molecular flexibility index (Phi) is 3.98. The lowest BCUT2D eigenvalue weighted by atomic mass is 10.1. The van der Waals surface area contributed by atoms with E-state index in [1.165, 1.54) is 0 Å². The molecule has 0 amide bonds. The second kappa shape index (κ2) is 4.77. The van der Waals surface area contributed by atoms with E-state index in [0.717, 1.165) is 24.3 Å². The van der Waals surface area contributed by atoms with Gasteiger partial charge in [-0.1, -0.05) is 12.1 Å². The van der Waals surface area contributed by atoms with E-state index in [-0.39, 0.29) is 4.90 Å². The van der Waals surface area contributed by atoms with Crippen LogP contribution < -0.4 is 5.73 Å². The van der Waals surface area contributed by atoms with Gasteiger partial charge in [-0.25, -0.2) is 0 Å². The summed E-state index contributed by atoms with van der Waals surface area (Å²) < 4.78 is 72.8. The smallest absolute Gasteiger partial charge is 0.316 e. The quantitative estimate of drug-likeness (QED) is 0.655. The summed E-state index contributed by atoms with van der Waals surface area (Å²) in [4.78, 5) is -0.324. The van der Waals surface area contributed by atoms with Gasteiger partial charge in [0.1, 0.15) is 6.04 Å². The average Bonchev–Trinajstić information content (AvgIpc) is 2.12. The molecule has 0 aliphatic rings. The van der Waals surface area contributed by atoms with Gasteiger partial charge in [0.15, 0.2) is 0 Å². The number of hydrogen-bond acceptors (Lipinski definition) is 2. The van der Waals surface area contributed by atoms with Crippen LogP contribution in [-0.4, -0.2) is 11.7 Å². The minimum atomic E-state index is -4.68. The number of alkyl halides is 6. The van der Waals surface area contributed by atoms with E-state index in [1.54, 1.807) is 0 Å². The van der Waals surface area contributed by atoms with Crippen molar-refractivity contribution < 1.29 is 26.3 Å².